The van der Waals surface area contributed by atoms with Crippen molar-refractivity contribution in [3.05, 3.63) is 105 Å². The minimum atomic E-state index is -4.69. The summed E-state index contributed by atoms with van der Waals surface area (Å²) in [4.78, 5) is 27.2. The lowest BCUT2D eigenvalue weighted by atomic mass is 10.0. The smallest absolute Gasteiger partial charge is 0.266 e. The Bertz CT molecular complexity index is 1710. The van der Waals surface area contributed by atoms with Crippen molar-refractivity contribution in [1.29, 1.82) is 0 Å². The van der Waals surface area contributed by atoms with Crippen molar-refractivity contribution in [2.45, 2.75) is 6.18 Å². The molecule has 0 aliphatic heterocycles. The fourth-order valence-corrected chi connectivity index (χ4v) is 4.43. The third kappa shape index (κ3) is 4.99. The summed E-state index contributed by atoms with van der Waals surface area (Å²) in [7, 11) is 0. The molecule has 2 aromatic heterocycles. The van der Waals surface area contributed by atoms with Gasteiger partial charge in [0.05, 0.1) is 22.4 Å². The predicted molar refractivity (Wildman–Crippen MR) is 135 cm³/mol. The number of para-hydroxylation sites is 1. The summed E-state index contributed by atoms with van der Waals surface area (Å²) < 4.78 is 41.7. The number of thiazole rings is 1. The Hall–Kier alpha value is -4.91. The maximum Gasteiger partial charge on any atom is 0.435 e. The van der Waals surface area contributed by atoms with Gasteiger partial charge in [-0.3, -0.25) is 14.9 Å². The average molecular weight is 536 g/mol. The van der Waals surface area contributed by atoms with Crippen molar-refractivity contribution in [3.8, 4) is 16.4 Å². The Labute approximate surface area is 216 Å². The zero-order chi connectivity index (χ0) is 26.9. The molecule has 0 aliphatic carbocycles. The molecule has 0 saturated carbocycles. The predicted octanol–water partition coefficient (Wildman–Crippen LogP) is 5.84. The Morgan fingerprint density at radius 2 is 1.79 bits per heavy atom. The molecule has 5 rings (SSSR count). The third-order valence-corrected chi connectivity index (χ3v) is 6.27. The van der Waals surface area contributed by atoms with Gasteiger partial charge in [-0.05, 0) is 29.0 Å². The van der Waals surface area contributed by atoms with Gasteiger partial charge in [0, 0.05) is 17.0 Å². The zero-order valence-corrected chi connectivity index (χ0v) is 19.9. The minimum absolute atomic E-state index is 0.0384. The van der Waals surface area contributed by atoms with E-state index >= 15 is 0 Å². The third-order valence-electron chi connectivity index (χ3n) is 5.45. The summed E-state index contributed by atoms with van der Waals surface area (Å²) >= 11 is 0.924. The number of rotatable bonds is 6. The van der Waals surface area contributed by atoms with Crippen LogP contribution < -0.4 is 5.43 Å². The molecule has 190 valence electrons. The maximum atomic E-state index is 13.5. The Morgan fingerprint density at radius 3 is 2.55 bits per heavy atom. The molecule has 0 aliphatic rings. The molecular weight excluding hydrogens is 521 g/mol. The number of halogens is 3. The monoisotopic (exact) mass is 536 g/mol. The van der Waals surface area contributed by atoms with Crippen molar-refractivity contribution < 1.29 is 22.9 Å². The highest BCUT2D eigenvalue weighted by Gasteiger charge is 2.35. The van der Waals surface area contributed by atoms with Gasteiger partial charge in [0.25, 0.3) is 11.6 Å². The summed E-state index contributed by atoms with van der Waals surface area (Å²) in [5, 5.41) is 21.7. The standard InChI is InChI=1S/C25H15F3N6O3S/c26-25(27,28)22-12-21(17-10-9-15-5-1-2-6-16(15)11-17)33(32-22)24-30-19(14-38-24)23(35)31-29-13-18-7-3-4-8-20(18)34(36)37/h1-14H,(H,31,35). The van der Waals surface area contributed by atoms with E-state index in [9.17, 15) is 28.1 Å². The van der Waals surface area contributed by atoms with Crippen LogP contribution in [0.5, 0.6) is 0 Å². The molecule has 1 amide bonds. The number of hydrogen-bond donors (Lipinski definition) is 1. The topological polar surface area (TPSA) is 115 Å². The van der Waals surface area contributed by atoms with Gasteiger partial charge in [-0.2, -0.15) is 23.4 Å². The van der Waals surface area contributed by atoms with Crippen LogP contribution in [-0.4, -0.2) is 31.8 Å². The molecule has 0 spiro atoms. The van der Waals surface area contributed by atoms with Crippen LogP contribution in [0.2, 0.25) is 0 Å². The molecule has 0 bridgehead atoms. The van der Waals surface area contributed by atoms with Gasteiger partial charge in [-0.15, -0.1) is 11.3 Å². The van der Waals surface area contributed by atoms with Crippen molar-refractivity contribution >= 4 is 39.9 Å². The molecule has 5 aromatic rings. The number of carbonyl (C=O) groups is 1. The average Bonchev–Trinajstić information content (AvgIpc) is 3.56. The lowest BCUT2D eigenvalue weighted by Gasteiger charge is -2.06. The second kappa shape index (κ2) is 9.86. The normalized spacial score (nSPS) is 11.8. The number of hydrazone groups is 1. The van der Waals surface area contributed by atoms with E-state index in [0.717, 1.165) is 39.1 Å². The second-order valence-electron chi connectivity index (χ2n) is 7.92. The van der Waals surface area contributed by atoms with E-state index in [0.29, 0.717) is 5.56 Å². The zero-order valence-electron chi connectivity index (χ0n) is 19.1. The van der Waals surface area contributed by atoms with Crippen molar-refractivity contribution in [3.63, 3.8) is 0 Å². The van der Waals surface area contributed by atoms with Gasteiger partial charge in [0.2, 0.25) is 5.13 Å². The highest BCUT2D eigenvalue weighted by molar-refractivity contribution is 7.12. The van der Waals surface area contributed by atoms with E-state index in [4.69, 9.17) is 0 Å². The number of nitrogens with zero attached hydrogens (tertiary/aromatic N) is 5. The van der Waals surface area contributed by atoms with Crippen molar-refractivity contribution in [2.75, 3.05) is 0 Å². The van der Waals surface area contributed by atoms with Crippen LogP contribution in [0, 0.1) is 10.1 Å². The van der Waals surface area contributed by atoms with Crippen LogP contribution in [0.25, 0.3) is 27.2 Å². The number of nitro benzene ring substituents is 1. The van der Waals surface area contributed by atoms with Crippen LogP contribution in [0.4, 0.5) is 18.9 Å². The SMILES string of the molecule is O=C(NN=Cc1ccccc1[N+](=O)[O-])c1csc(-n2nc(C(F)(F)F)cc2-c2ccc3ccccc3c2)n1. The van der Waals surface area contributed by atoms with E-state index in [1.54, 1.807) is 24.3 Å². The van der Waals surface area contributed by atoms with Crippen molar-refractivity contribution in [2.24, 2.45) is 5.10 Å². The van der Waals surface area contributed by atoms with E-state index < -0.39 is 22.7 Å². The maximum absolute atomic E-state index is 13.5. The van der Waals surface area contributed by atoms with Gasteiger partial charge in [-0.25, -0.2) is 15.1 Å². The first-order valence-corrected chi connectivity index (χ1v) is 11.8. The first-order valence-electron chi connectivity index (χ1n) is 10.9. The van der Waals surface area contributed by atoms with E-state index in [2.05, 4.69) is 20.6 Å². The summed E-state index contributed by atoms with van der Waals surface area (Å²) in [6.07, 6.45) is -3.58. The number of nitro groups is 1. The quantitative estimate of drug-likeness (QED) is 0.166. The number of benzene rings is 3. The lowest BCUT2D eigenvalue weighted by Crippen LogP contribution is -2.18. The van der Waals surface area contributed by atoms with Crippen LogP contribution >= 0.6 is 11.3 Å². The molecule has 38 heavy (non-hydrogen) atoms. The van der Waals surface area contributed by atoms with Gasteiger partial charge in [0.1, 0.15) is 5.69 Å². The van der Waals surface area contributed by atoms with Crippen LogP contribution in [0.15, 0.2) is 83.3 Å². The van der Waals surface area contributed by atoms with Crippen LogP contribution in [0.3, 0.4) is 0 Å². The fourth-order valence-electron chi connectivity index (χ4n) is 3.67. The summed E-state index contributed by atoms with van der Waals surface area (Å²) in [5.74, 6) is -0.752. The molecule has 0 radical (unpaired) electrons. The summed E-state index contributed by atoms with van der Waals surface area (Å²) in [6.45, 7) is 0. The summed E-state index contributed by atoms with van der Waals surface area (Å²) in [6, 6.07) is 19.4. The largest absolute Gasteiger partial charge is 0.435 e. The molecule has 13 heteroatoms. The molecule has 2 heterocycles. The Kier molecular flexibility index (Phi) is 6.43. The van der Waals surface area contributed by atoms with Gasteiger partial charge in [0.15, 0.2) is 5.69 Å². The number of hydrogen-bond acceptors (Lipinski definition) is 7. The molecular formula is C25H15F3N6O3S. The van der Waals surface area contributed by atoms with E-state index in [1.807, 2.05) is 24.3 Å². The van der Waals surface area contributed by atoms with Crippen LogP contribution in [-0.2, 0) is 6.18 Å². The van der Waals surface area contributed by atoms with Crippen molar-refractivity contribution in [1.82, 2.24) is 20.2 Å². The van der Waals surface area contributed by atoms with Gasteiger partial charge < -0.3 is 0 Å². The fraction of sp³-hybridized carbons (Fsp3) is 0.0400. The molecule has 0 atom stereocenters. The molecule has 0 unspecified atom stereocenters. The Morgan fingerprint density at radius 1 is 1.05 bits per heavy atom. The van der Waals surface area contributed by atoms with Gasteiger partial charge in [-0.1, -0.05) is 48.5 Å². The molecule has 0 fully saturated rings. The molecule has 3 aromatic carbocycles. The molecule has 9 nitrogen and oxygen atoms in total. The number of amides is 1. The first-order chi connectivity index (χ1) is 18.2. The Balaban J connectivity index is 1.44. The minimum Gasteiger partial charge on any atom is -0.266 e. The van der Waals surface area contributed by atoms with E-state index in [1.165, 1.54) is 23.6 Å². The van der Waals surface area contributed by atoms with Gasteiger partial charge >= 0.3 is 6.18 Å². The molecule has 1 N–H and O–H groups in total. The molecule has 0 saturated heterocycles. The van der Waals surface area contributed by atoms with Crippen LogP contribution in [0.1, 0.15) is 21.7 Å². The number of alkyl halides is 3. The number of carbonyl (C=O) groups excluding carboxylic acids is 1. The highest BCUT2D eigenvalue weighted by Crippen LogP contribution is 2.34. The lowest BCUT2D eigenvalue weighted by molar-refractivity contribution is -0.385. The summed E-state index contributed by atoms with van der Waals surface area (Å²) in [5.41, 5.74) is 1.62. The number of fused-ring (bicyclic) bond motifs is 1. The second-order valence-corrected chi connectivity index (χ2v) is 8.75. The number of aromatic nitrogens is 3. The number of nitrogens with one attached hydrogen (secondary N) is 1. The highest BCUT2D eigenvalue weighted by atomic mass is 32.1. The first kappa shape index (κ1) is 24.8. The van der Waals surface area contributed by atoms with E-state index in [-0.39, 0.29) is 27.8 Å².